The first-order valence-corrected chi connectivity index (χ1v) is 10.6. The first-order chi connectivity index (χ1) is 14.0. The maximum Gasteiger partial charge on any atom is 0.244 e. The number of aromatic amines is 1. The molecular formula is C21H16BrIN4O2. The first kappa shape index (κ1) is 19.8. The monoisotopic (exact) mass is 562 g/mol. The van der Waals surface area contributed by atoms with Gasteiger partial charge in [-0.2, -0.15) is 5.26 Å². The lowest BCUT2D eigenvalue weighted by atomic mass is 9.84. The molecule has 8 heteroatoms. The topological polar surface area (TPSA) is 97.0 Å². The van der Waals surface area contributed by atoms with Crippen LogP contribution in [0.5, 0.6) is 11.6 Å². The summed E-state index contributed by atoms with van der Waals surface area (Å²) < 4.78 is 13.5. The lowest BCUT2D eigenvalue weighted by Crippen LogP contribution is -2.21. The van der Waals surface area contributed by atoms with Gasteiger partial charge in [0.1, 0.15) is 24.0 Å². The van der Waals surface area contributed by atoms with Gasteiger partial charge in [0, 0.05) is 14.8 Å². The summed E-state index contributed by atoms with van der Waals surface area (Å²) in [6.07, 6.45) is 0. The molecule has 0 saturated carbocycles. The molecular weight excluding hydrogens is 547 g/mol. The molecule has 0 radical (unpaired) electrons. The number of fused-ring (bicyclic) bond motifs is 1. The molecule has 1 atom stereocenters. The highest BCUT2D eigenvalue weighted by Gasteiger charge is 2.34. The number of allylic oxidation sites excluding steroid dienone is 1. The SMILES string of the molecule is Cc1[nH]nc2c1[C@H](c1ccc(OCc3ccc(I)cc3)c(Br)c1)C(C#N)=C(N)O2. The van der Waals surface area contributed by atoms with Crippen molar-refractivity contribution in [3.05, 3.63) is 84.3 Å². The third-order valence-electron chi connectivity index (χ3n) is 4.73. The smallest absolute Gasteiger partial charge is 0.244 e. The Balaban J connectivity index is 1.64. The first-order valence-electron chi connectivity index (χ1n) is 8.77. The molecule has 0 amide bonds. The van der Waals surface area contributed by atoms with Gasteiger partial charge in [-0.15, -0.1) is 5.10 Å². The van der Waals surface area contributed by atoms with Crippen LogP contribution in [0.2, 0.25) is 0 Å². The fourth-order valence-corrected chi connectivity index (χ4v) is 4.16. The number of nitrogens with one attached hydrogen (secondary N) is 1. The summed E-state index contributed by atoms with van der Waals surface area (Å²) in [5.74, 6) is 0.842. The van der Waals surface area contributed by atoms with Gasteiger partial charge < -0.3 is 15.2 Å². The van der Waals surface area contributed by atoms with Crippen LogP contribution in [0.15, 0.2) is 58.4 Å². The van der Waals surface area contributed by atoms with E-state index in [9.17, 15) is 5.26 Å². The molecule has 3 aromatic rings. The molecule has 146 valence electrons. The molecule has 2 heterocycles. The van der Waals surface area contributed by atoms with E-state index in [2.05, 4.69) is 54.8 Å². The molecule has 0 aliphatic carbocycles. The van der Waals surface area contributed by atoms with Gasteiger partial charge in [-0.25, -0.2) is 0 Å². The van der Waals surface area contributed by atoms with E-state index in [0.717, 1.165) is 32.6 Å². The van der Waals surface area contributed by atoms with Crippen LogP contribution in [0.1, 0.15) is 28.3 Å². The van der Waals surface area contributed by atoms with Crippen LogP contribution in [0.25, 0.3) is 0 Å². The Morgan fingerprint density at radius 2 is 2.07 bits per heavy atom. The molecule has 0 unspecified atom stereocenters. The highest BCUT2D eigenvalue weighted by atomic mass is 127. The average Bonchev–Trinajstić information content (AvgIpc) is 3.07. The molecule has 6 nitrogen and oxygen atoms in total. The number of H-pyrrole nitrogens is 1. The Bertz CT molecular complexity index is 1150. The van der Waals surface area contributed by atoms with Crippen molar-refractivity contribution in [2.75, 3.05) is 0 Å². The summed E-state index contributed by atoms with van der Waals surface area (Å²) in [6.45, 7) is 2.36. The lowest BCUT2D eigenvalue weighted by molar-refractivity contribution is 0.304. The Kier molecular flexibility index (Phi) is 5.52. The van der Waals surface area contributed by atoms with E-state index >= 15 is 0 Å². The number of nitriles is 1. The Hall–Kier alpha value is -2.51. The summed E-state index contributed by atoms with van der Waals surface area (Å²) >= 11 is 5.87. The Morgan fingerprint density at radius 1 is 1.31 bits per heavy atom. The van der Waals surface area contributed by atoms with E-state index in [1.54, 1.807) is 0 Å². The van der Waals surface area contributed by atoms with Crippen LogP contribution in [-0.4, -0.2) is 10.2 Å². The van der Waals surface area contributed by atoms with Crippen LogP contribution < -0.4 is 15.2 Å². The number of nitrogens with zero attached hydrogens (tertiary/aromatic N) is 2. The van der Waals surface area contributed by atoms with Crippen LogP contribution >= 0.6 is 38.5 Å². The van der Waals surface area contributed by atoms with Crippen molar-refractivity contribution in [1.82, 2.24) is 10.2 Å². The molecule has 4 rings (SSSR count). The third kappa shape index (κ3) is 3.84. The fraction of sp³-hybridized carbons (Fsp3) is 0.143. The molecule has 29 heavy (non-hydrogen) atoms. The lowest BCUT2D eigenvalue weighted by Gasteiger charge is -2.24. The average molecular weight is 563 g/mol. The van der Waals surface area contributed by atoms with Crippen molar-refractivity contribution in [3.8, 4) is 17.7 Å². The van der Waals surface area contributed by atoms with Crippen molar-refractivity contribution in [3.63, 3.8) is 0 Å². The summed E-state index contributed by atoms with van der Waals surface area (Å²) in [6, 6.07) is 16.1. The maximum absolute atomic E-state index is 9.67. The summed E-state index contributed by atoms with van der Waals surface area (Å²) in [4.78, 5) is 0. The molecule has 0 bridgehead atoms. The predicted octanol–water partition coefficient (Wildman–Crippen LogP) is 4.88. The quantitative estimate of drug-likeness (QED) is 0.442. The second-order valence-corrected chi connectivity index (χ2v) is 8.70. The van der Waals surface area contributed by atoms with Gasteiger partial charge in [0.25, 0.3) is 0 Å². The highest BCUT2D eigenvalue weighted by Crippen LogP contribution is 2.44. The fourth-order valence-electron chi connectivity index (χ4n) is 3.29. The molecule has 1 aromatic heterocycles. The normalized spacial score (nSPS) is 15.4. The zero-order valence-corrected chi connectivity index (χ0v) is 19.1. The van der Waals surface area contributed by atoms with Crippen molar-refractivity contribution >= 4 is 38.5 Å². The standard InChI is InChI=1S/C21H16BrIN4O2/c1-11-18-19(15(9-24)20(25)29-21(18)27-26-11)13-4-7-17(16(22)8-13)28-10-12-2-5-14(23)6-3-12/h2-8,19H,10,25H2,1H3,(H,26,27)/t19-/m1/s1. The van der Waals surface area contributed by atoms with Gasteiger partial charge in [-0.3, -0.25) is 5.10 Å². The Morgan fingerprint density at radius 3 is 2.76 bits per heavy atom. The zero-order valence-electron chi connectivity index (χ0n) is 15.4. The van der Waals surface area contributed by atoms with Crippen LogP contribution in [-0.2, 0) is 6.61 Å². The highest BCUT2D eigenvalue weighted by molar-refractivity contribution is 14.1. The Labute approximate surface area is 190 Å². The van der Waals surface area contributed by atoms with Gasteiger partial charge in [0.15, 0.2) is 0 Å². The van der Waals surface area contributed by atoms with Crippen LogP contribution in [0, 0.1) is 21.8 Å². The van der Waals surface area contributed by atoms with Gasteiger partial charge in [-0.05, 0) is 80.8 Å². The van der Waals surface area contributed by atoms with Crippen molar-refractivity contribution in [2.45, 2.75) is 19.4 Å². The number of hydrogen-bond donors (Lipinski definition) is 2. The number of benzene rings is 2. The molecule has 0 fully saturated rings. The van der Waals surface area contributed by atoms with Crippen LogP contribution in [0.4, 0.5) is 0 Å². The van der Waals surface area contributed by atoms with Crippen molar-refractivity contribution < 1.29 is 9.47 Å². The number of aromatic nitrogens is 2. The predicted molar refractivity (Wildman–Crippen MR) is 120 cm³/mol. The number of ether oxygens (including phenoxy) is 2. The van der Waals surface area contributed by atoms with E-state index in [1.807, 2.05) is 49.4 Å². The third-order valence-corrected chi connectivity index (χ3v) is 6.07. The van der Waals surface area contributed by atoms with Crippen LogP contribution in [0.3, 0.4) is 0 Å². The molecule has 3 N–H and O–H groups in total. The largest absolute Gasteiger partial charge is 0.488 e. The van der Waals surface area contributed by atoms with E-state index in [-0.39, 0.29) is 11.8 Å². The minimum Gasteiger partial charge on any atom is -0.488 e. The van der Waals surface area contributed by atoms with Gasteiger partial charge in [-0.1, -0.05) is 18.2 Å². The van der Waals surface area contributed by atoms with Crippen molar-refractivity contribution in [2.24, 2.45) is 5.73 Å². The summed E-state index contributed by atoms with van der Waals surface area (Å²) in [5, 5.41) is 16.7. The molecule has 0 saturated heterocycles. The van der Waals surface area contributed by atoms with E-state index < -0.39 is 0 Å². The van der Waals surface area contributed by atoms with E-state index in [4.69, 9.17) is 15.2 Å². The van der Waals surface area contributed by atoms with Gasteiger partial charge >= 0.3 is 0 Å². The molecule has 1 aliphatic heterocycles. The molecule has 0 spiro atoms. The van der Waals surface area contributed by atoms with Gasteiger partial charge in [0.05, 0.1) is 10.4 Å². The number of hydrogen-bond acceptors (Lipinski definition) is 5. The maximum atomic E-state index is 9.67. The summed E-state index contributed by atoms with van der Waals surface area (Å²) in [5.41, 5.74) is 9.97. The number of aryl methyl sites for hydroxylation is 1. The molecule has 2 aromatic carbocycles. The second-order valence-electron chi connectivity index (χ2n) is 6.60. The van der Waals surface area contributed by atoms with E-state index in [1.165, 1.54) is 3.57 Å². The van der Waals surface area contributed by atoms with E-state index in [0.29, 0.717) is 18.1 Å². The zero-order chi connectivity index (χ0) is 20.5. The van der Waals surface area contributed by atoms with Crippen molar-refractivity contribution in [1.29, 1.82) is 5.26 Å². The second kappa shape index (κ2) is 8.08. The molecule has 1 aliphatic rings. The minimum atomic E-state index is -0.357. The number of nitrogens with two attached hydrogens (primary N) is 1. The summed E-state index contributed by atoms with van der Waals surface area (Å²) in [7, 11) is 0. The van der Waals surface area contributed by atoms with Gasteiger partial charge in [0.2, 0.25) is 11.8 Å². The number of rotatable bonds is 4. The minimum absolute atomic E-state index is 0.0756. The number of halogens is 2.